The summed E-state index contributed by atoms with van der Waals surface area (Å²) in [6.07, 6.45) is 4.16. The van der Waals surface area contributed by atoms with Crippen LogP contribution in [0.25, 0.3) is 11.1 Å². The zero-order valence-electron chi connectivity index (χ0n) is 24.9. The topological polar surface area (TPSA) is 164 Å². The van der Waals surface area contributed by atoms with Crippen molar-refractivity contribution in [3.05, 3.63) is 112 Å². The number of nitrogens with two attached hydrogens (primary N) is 1. The van der Waals surface area contributed by atoms with E-state index in [1.54, 1.807) is 36.5 Å². The second kappa shape index (κ2) is 14.9. The minimum Gasteiger partial charge on any atom is -0.488 e. The van der Waals surface area contributed by atoms with Crippen molar-refractivity contribution in [3.63, 3.8) is 0 Å². The molecule has 1 aliphatic rings. The summed E-state index contributed by atoms with van der Waals surface area (Å²) in [7, 11) is 1.48. The molecule has 5 N–H and O–H groups in total. The number of halogens is 2. The number of carbonyl (C=O) groups is 1. The molecule has 0 saturated heterocycles. The maximum Gasteiger partial charge on any atom is 0.323 e. The van der Waals surface area contributed by atoms with Gasteiger partial charge in [-0.25, -0.2) is 4.39 Å². The predicted octanol–water partition coefficient (Wildman–Crippen LogP) is 5.42. The first-order chi connectivity index (χ1) is 22.3. The summed E-state index contributed by atoms with van der Waals surface area (Å²) in [6.45, 7) is -0.501. The fourth-order valence-electron chi connectivity index (χ4n) is 5.24. The summed E-state index contributed by atoms with van der Waals surface area (Å²) in [5.74, 6) is -0.622. The van der Waals surface area contributed by atoms with Crippen molar-refractivity contribution < 1.29 is 28.9 Å². The van der Waals surface area contributed by atoms with Gasteiger partial charge in [0.1, 0.15) is 36.1 Å². The Morgan fingerprint density at radius 3 is 2.72 bits per heavy atom. The lowest BCUT2D eigenvalue weighted by Crippen LogP contribution is -2.39. The number of aliphatic carboxylic acids is 1. The average molecular weight is 647 g/mol. The third-order valence-electron chi connectivity index (χ3n) is 7.51. The number of benzene rings is 3. The summed E-state index contributed by atoms with van der Waals surface area (Å²) in [5.41, 5.74) is 11.0. The number of pyridine rings is 1. The maximum atomic E-state index is 14.7. The number of hydrogen-bond acceptors (Lipinski definition) is 8. The number of aromatic nitrogens is 1. The number of amidine groups is 1. The third-order valence-corrected chi connectivity index (χ3v) is 7.81. The summed E-state index contributed by atoms with van der Waals surface area (Å²) in [4.78, 5) is 15.7. The molecule has 0 spiro atoms. The second-order valence-corrected chi connectivity index (χ2v) is 10.9. The molecule has 4 aromatic rings. The van der Waals surface area contributed by atoms with Gasteiger partial charge in [0.25, 0.3) is 0 Å². The molecule has 1 aromatic heterocycles. The Balaban J connectivity index is 1.42. The van der Waals surface area contributed by atoms with Crippen molar-refractivity contribution in [2.45, 2.75) is 38.1 Å². The highest BCUT2D eigenvalue weighted by molar-refractivity contribution is 6.32. The first-order valence-electron chi connectivity index (χ1n) is 14.4. The van der Waals surface area contributed by atoms with Crippen LogP contribution in [-0.4, -0.2) is 46.7 Å². The van der Waals surface area contributed by atoms with E-state index in [0.717, 1.165) is 16.7 Å². The van der Waals surface area contributed by atoms with E-state index < -0.39 is 18.6 Å². The number of nitrogens with one attached hydrogen (secondary N) is 1. The second-order valence-electron chi connectivity index (χ2n) is 10.5. The maximum absolute atomic E-state index is 14.7. The number of rotatable bonds is 13. The summed E-state index contributed by atoms with van der Waals surface area (Å²) < 4.78 is 27.3. The highest BCUT2D eigenvalue weighted by Gasteiger charge is 2.28. The van der Waals surface area contributed by atoms with E-state index in [0.29, 0.717) is 46.6 Å². The number of ether oxygens (including phenoxy) is 2. The van der Waals surface area contributed by atoms with Crippen LogP contribution in [-0.2, 0) is 24.4 Å². The zero-order chi connectivity index (χ0) is 32.6. The lowest BCUT2D eigenvalue weighted by molar-refractivity contribution is -0.140. The first kappa shape index (κ1) is 32.5. The average Bonchev–Trinajstić information content (AvgIpc) is 3.47. The van der Waals surface area contributed by atoms with E-state index in [1.807, 2.05) is 24.3 Å². The Labute approximate surface area is 269 Å². The van der Waals surface area contributed by atoms with Crippen LogP contribution >= 0.6 is 11.6 Å². The summed E-state index contributed by atoms with van der Waals surface area (Å²) in [5, 5.41) is 32.9. The number of aliphatic hydroxyl groups excluding tert-OH is 1. The number of hydrogen-bond donors (Lipinski definition) is 4. The van der Waals surface area contributed by atoms with Gasteiger partial charge in [-0.15, -0.1) is 5.10 Å². The van der Waals surface area contributed by atoms with Crippen molar-refractivity contribution in [1.29, 1.82) is 0 Å². The minimum atomic E-state index is -1.20. The van der Waals surface area contributed by atoms with E-state index in [9.17, 15) is 19.4 Å². The highest BCUT2D eigenvalue weighted by atomic mass is 35.5. The SMILES string of the molecule is CN=N/N=C(\N)c1cncc(COc2cc(O[C@H]3CCc4c(-c5ccccc5F)cccc43)c(Cl)cc2CNC(CO)C(=O)O)c1. The molecule has 1 aliphatic carbocycles. The molecule has 0 bridgehead atoms. The van der Waals surface area contributed by atoms with E-state index in [-0.39, 0.29) is 35.9 Å². The molecule has 1 unspecified atom stereocenters. The highest BCUT2D eigenvalue weighted by Crippen LogP contribution is 2.43. The number of aliphatic hydroxyl groups is 1. The van der Waals surface area contributed by atoms with Crippen LogP contribution in [0, 0.1) is 5.82 Å². The van der Waals surface area contributed by atoms with Crippen LogP contribution in [0.15, 0.2) is 88.5 Å². The Kier molecular flexibility index (Phi) is 10.5. The molecule has 11 nitrogen and oxygen atoms in total. The monoisotopic (exact) mass is 646 g/mol. The number of carboxylic acids is 1. The molecule has 13 heteroatoms. The summed E-state index contributed by atoms with van der Waals surface area (Å²) in [6, 6.07) is 16.3. The molecular formula is C33H32ClFN6O5. The Hall–Kier alpha value is -4.91. The molecule has 2 atom stereocenters. The largest absolute Gasteiger partial charge is 0.488 e. The van der Waals surface area contributed by atoms with Crippen molar-refractivity contribution in [2.75, 3.05) is 13.7 Å². The molecule has 0 radical (unpaired) electrons. The van der Waals surface area contributed by atoms with Crippen LogP contribution in [0.1, 0.15) is 40.3 Å². The van der Waals surface area contributed by atoms with Gasteiger partial charge in [0.05, 0.1) is 18.7 Å². The Bertz CT molecular complexity index is 1790. The van der Waals surface area contributed by atoms with Gasteiger partial charge in [0, 0.05) is 47.3 Å². The smallest absolute Gasteiger partial charge is 0.323 e. The van der Waals surface area contributed by atoms with Crippen molar-refractivity contribution >= 4 is 23.4 Å². The van der Waals surface area contributed by atoms with E-state index in [2.05, 4.69) is 25.7 Å². The molecule has 5 rings (SSSR count). The quantitative estimate of drug-likeness (QED) is 0.0647. The van der Waals surface area contributed by atoms with Crippen LogP contribution in [0.5, 0.6) is 11.5 Å². The van der Waals surface area contributed by atoms with Gasteiger partial charge in [-0.3, -0.25) is 15.1 Å². The van der Waals surface area contributed by atoms with Crippen LogP contribution in [0.4, 0.5) is 4.39 Å². The van der Waals surface area contributed by atoms with Gasteiger partial charge >= 0.3 is 5.97 Å². The first-order valence-corrected chi connectivity index (χ1v) is 14.8. The predicted molar refractivity (Wildman–Crippen MR) is 170 cm³/mol. The van der Waals surface area contributed by atoms with Crippen molar-refractivity contribution in [3.8, 4) is 22.6 Å². The number of fused-ring (bicyclic) bond motifs is 1. The standard InChI is InChI=1S/C33H32ClFN6O5/c1-37-41-40-32(36)21-11-19(14-38-15-21)18-45-30-13-31(26(34)12-20(30)16-39-28(17-42)33(43)44)46-29-10-9-23-22(6-4-7-25(23)29)24-5-2-3-8-27(24)35/h2-8,11-15,28-29,39,42H,9-10,16-18H2,1H3,(H,43,44)(H2,36,37,40)/t28?,29-/m0/s1. The van der Waals surface area contributed by atoms with E-state index >= 15 is 0 Å². The number of nitrogens with zero attached hydrogens (tertiary/aromatic N) is 4. The Morgan fingerprint density at radius 2 is 1.96 bits per heavy atom. The molecule has 46 heavy (non-hydrogen) atoms. The van der Waals surface area contributed by atoms with Crippen LogP contribution in [0.3, 0.4) is 0 Å². The fourth-order valence-corrected chi connectivity index (χ4v) is 5.47. The van der Waals surface area contributed by atoms with E-state index in [1.165, 1.54) is 19.3 Å². The third kappa shape index (κ3) is 7.48. The van der Waals surface area contributed by atoms with Crippen LogP contribution in [0.2, 0.25) is 5.02 Å². The molecule has 3 aromatic carbocycles. The van der Waals surface area contributed by atoms with Gasteiger partial charge in [0.15, 0.2) is 5.84 Å². The van der Waals surface area contributed by atoms with E-state index in [4.69, 9.17) is 26.8 Å². The molecule has 238 valence electrons. The number of carboxylic acid groups (broad SMARTS) is 1. The zero-order valence-corrected chi connectivity index (χ0v) is 25.6. The van der Waals surface area contributed by atoms with Crippen molar-refractivity contribution in [2.24, 2.45) is 21.2 Å². The molecule has 0 saturated carbocycles. The molecule has 0 amide bonds. The molecule has 0 aliphatic heterocycles. The van der Waals surface area contributed by atoms with Gasteiger partial charge in [-0.2, -0.15) is 5.11 Å². The minimum absolute atomic E-state index is 0.0328. The fraction of sp³-hybridized carbons (Fsp3) is 0.242. The van der Waals surface area contributed by atoms with Gasteiger partial charge < -0.3 is 25.4 Å². The molecule has 0 fully saturated rings. The van der Waals surface area contributed by atoms with Gasteiger partial charge in [0.2, 0.25) is 0 Å². The normalized spacial score (nSPS) is 15.1. The van der Waals surface area contributed by atoms with Gasteiger partial charge in [-0.1, -0.05) is 48.0 Å². The van der Waals surface area contributed by atoms with Gasteiger partial charge in [-0.05, 0) is 53.0 Å². The molecule has 1 heterocycles. The lowest BCUT2D eigenvalue weighted by atomic mass is 9.96. The summed E-state index contributed by atoms with van der Waals surface area (Å²) >= 11 is 6.70. The lowest BCUT2D eigenvalue weighted by Gasteiger charge is -2.20. The molecular weight excluding hydrogens is 615 g/mol. The van der Waals surface area contributed by atoms with Crippen molar-refractivity contribution in [1.82, 2.24) is 10.3 Å². The van der Waals surface area contributed by atoms with Crippen LogP contribution < -0.4 is 20.5 Å². The Morgan fingerprint density at radius 1 is 1.15 bits per heavy atom.